The predicted molar refractivity (Wildman–Crippen MR) is 89.7 cm³/mol. The molecule has 0 amide bonds. The molecule has 0 aromatic heterocycles. The average Bonchev–Trinajstić information content (AvgIpc) is 2.40. The summed E-state index contributed by atoms with van der Waals surface area (Å²) in [5.74, 6) is 0. The Balaban J connectivity index is 2.23. The summed E-state index contributed by atoms with van der Waals surface area (Å²) in [6, 6.07) is 6.50. The Morgan fingerprint density at radius 2 is 1.95 bits per heavy atom. The molecule has 4 heteroatoms. The first-order valence-electron chi connectivity index (χ1n) is 7.28. The fraction of sp³-hybridized carbons (Fsp3) is 0.625. The van der Waals surface area contributed by atoms with Crippen molar-refractivity contribution in [3.63, 3.8) is 0 Å². The van der Waals surface area contributed by atoms with Gasteiger partial charge in [-0.05, 0) is 51.7 Å². The van der Waals surface area contributed by atoms with Crippen molar-refractivity contribution in [2.45, 2.75) is 36.2 Å². The van der Waals surface area contributed by atoms with Crippen LogP contribution in [0.25, 0.3) is 0 Å². The maximum absolute atomic E-state index is 5.98. The van der Waals surface area contributed by atoms with E-state index in [1.54, 1.807) is 11.8 Å². The Hall–Kier alpha value is -0.710. The van der Waals surface area contributed by atoms with Crippen molar-refractivity contribution in [2.24, 2.45) is 5.73 Å². The van der Waals surface area contributed by atoms with Crippen LogP contribution in [0.5, 0.6) is 0 Å². The van der Waals surface area contributed by atoms with Gasteiger partial charge in [-0.25, -0.2) is 0 Å². The summed E-state index contributed by atoms with van der Waals surface area (Å²) in [5, 5.41) is 0. The molecule has 0 bridgehead atoms. The lowest BCUT2D eigenvalue weighted by atomic mass is 9.75. The molecule has 20 heavy (non-hydrogen) atoms. The molecule has 1 fully saturated rings. The molecule has 0 atom stereocenters. The number of thioether (sulfide) groups is 1. The third-order valence-electron chi connectivity index (χ3n) is 4.71. The number of benzene rings is 1. The molecule has 1 aliphatic rings. The van der Waals surface area contributed by atoms with Crippen LogP contribution in [0, 0.1) is 0 Å². The van der Waals surface area contributed by atoms with Gasteiger partial charge in [-0.2, -0.15) is 0 Å². The molecular weight excluding hydrogens is 266 g/mol. The van der Waals surface area contributed by atoms with Crippen LogP contribution < -0.4 is 10.6 Å². The number of rotatable bonds is 6. The van der Waals surface area contributed by atoms with Crippen LogP contribution in [0.15, 0.2) is 23.1 Å². The van der Waals surface area contributed by atoms with Crippen molar-refractivity contribution in [1.29, 1.82) is 0 Å². The third-order valence-corrected chi connectivity index (χ3v) is 5.53. The topological polar surface area (TPSA) is 32.5 Å². The van der Waals surface area contributed by atoms with Gasteiger partial charge < -0.3 is 15.5 Å². The van der Waals surface area contributed by atoms with Crippen molar-refractivity contribution in [3.8, 4) is 0 Å². The van der Waals surface area contributed by atoms with Gasteiger partial charge in [0.2, 0.25) is 0 Å². The second-order valence-electron chi connectivity index (χ2n) is 5.99. The van der Waals surface area contributed by atoms with Crippen LogP contribution in [0.4, 0.5) is 5.69 Å². The van der Waals surface area contributed by atoms with Crippen LogP contribution in [0.1, 0.15) is 24.8 Å². The standard InChI is InChI=1S/C16H27N3S/c1-18(2)16(9-6-10-16)12-19(3)14-7-5-8-15(20-4)13(14)11-17/h5,7-8H,6,9-12,17H2,1-4H3. The normalized spacial score (nSPS) is 17.1. The molecule has 1 aromatic carbocycles. The monoisotopic (exact) mass is 293 g/mol. The minimum absolute atomic E-state index is 0.343. The summed E-state index contributed by atoms with van der Waals surface area (Å²) < 4.78 is 0. The third kappa shape index (κ3) is 2.83. The van der Waals surface area contributed by atoms with Crippen molar-refractivity contribution in [3.05, 3.63) is 23.8 Å². The van der Waals surface area contributed by atoms with Crippen molar-refractivity contribution >= 4 is 17.4 Å². The largest absolute Gasteiger partial charge is 0.372 e. The molecule has 0 radical (unpaired) electrons. The highest BCUT2D eigenvalue weighted by Crippen LogP contribution is 2.38. The van der Waals surface area contributed by atoms with E-state index in [9.17, 15) is 0 Å². The Morgan fingerprint density at radius 1 is 1.25 bits per heavy atom. The molecule has 112 valence electrons. The van der Waals surface area contributed by atoms with Crippen LogP contribution in [-0.4, -0.2) is 44.4 Å². The minimum Gasteiger partial charge on any atom is -0.372 e. The van der Waals surface area contributed by atoms with E-state index in [2.05, 4.69) is 55.4 Å². The predicted octanol–water partition coefficient (Wildman–Crippen LogP) is 2.79. The number of hydrogen-bond donors (Lipinski definition) is 1. The van der Waals surface area contributed by atoms with Gasteiger partial charge in [0.1, 0.15) is 0 Å². The zero-order valence-corrected chi connectivity index (χ0v) is 14.0. The first-order chi connectivity index (χ1) is 9.54. The molecule has 0 heterocycles. The molecule has 2 N–H and O–H groups in total. The Morgan fingerprint density at radius 3 is 2.40 bits per heavy atom. The lowest BCUT2D eigenvalue weighted by molar-refractivity contribution is 0.0683. The van der Waals surface area contributed by atoms with E-state index in [-0.39, 0.29) is 0 Å². The van der Waals surface area contributed by atoms with Gasteiger partial charge in [0.25, 0.3) is 0 Å². The zero-order valence-electron chi connectivity index (χ0n) is 13.1. The van der Waals surface area contributed by atoms with Gasteiger partial charge in [-0.15, -0.1) is 11.8 Å². The van der Waals surface area contributed by atoms with E-state index in [1.165, 1.54) is 35.4 Å². The molecule has 1 aliphatic carbocycles. The number of likely N-dealkylation sites (N-methyl/N-ethyl adjacent to an activating group) is 2. The molecule has 2 rings (SSSR count). The molecule has 3 nitrogen and oxygen atoms in total. The second-order valence-corrected chi connectivity index (χ2v) is 6.84. The highest BCUT2D eigenvalue weighted by Gasteiger charge is 2.40. The van der Waals surface area contributed by atoms with E-state index < -0.39 is 0 Å². The van der Waals surface area contributed by atoms with Gasteiger partial charge in [0.05, 0.1) is 0 Å². The highest BCUT2D eigenvalue weighted by atomic mass is 32.2. The number of nitrogens with zero attached hydrogens (tertiary/aromatic N) is 2. The lowest BCUT2D eigenvalue weighted by Crippen LogP contribution is -2.56. The van der Waals surface area contributed by atoms with Crippen molar-refractivity contribution in [1.82, 2.24) is 4.90 Å². The second kappa shape index (κ2) is 6.37. The van der Waals surface area contributed by atoms with Crippen molar-refractivity contribution in [2.75, 3.05) is 38.8 Å². The molecule has 0 saturated heterocycles. The van der Waals surface area contributed by atoms with Crippen LogP contribution in [-0.2, 0) is 6.54 Å². The minimum atomic E-state index is 0.343. The number of nitrogens with two attached hydrogens (primary N) is 1. The summed E-state index contributed by atoms with van der Waals surface area (Å²) in [4.78, 5) is 6.08. The molecule has 1 saturated carbocycles. The molecular formula is C16H27N3S. The van der Waals surface area contributed by atoms with Crippen LogP contribution >= 0.6 is 11.8 Å². The first kappa shape index (κ1) is 15.7. The van der Waals surface area contributed by atoms with Gasteiger partial charge in [0.15, 0.2) is 0 Å². The van der Waals surface area contributed by atoms with E-state index in [4.69, 9.17) is 5.73 Å². The number of hydrogen-bond acceptors (Lipinski definition) is 4. The summed E-state index contributed by atoms with van der Waals surface area (Å²) >= 11 is 1.78. The fourth-order valence-electron chi connectivity index (χ4n) is 3.17. The zero-order chi connectivity index (χ0) is 14.8. The number of anilines is 1. The van der Waals surface area contributed by atoms with E-state index in [1.807, 2.05) is 0 Å². The summed E-state index contributed by atoms with van der Waals surface area (Å²) in [7, 11) is 6.60. The fourth-order valence-corrected chi connectivity index (χ4v) is 3.82. The van der Waals surface area contributed by atoms with Gasteiger partial charge in [-0.3, -0.25) is 0 Å². The highest BCUT2D eigenvalue weighted by molar-refractivity contribution is 7.98. The quantitative estimate of drug-likeness (QED) is 0.818. The Labute approximate surface area is 127 Å². The maximum atomic E-state index is 5.98. The average molecular weight is 293 g/mol. The van der Waals surface area contributed by atoms with Gasteiger partial charge in [-0.1, -0.05) is 6.07 Å². The molecule has 0 unspecified atom stereocenters. The summed E-state index contributed by atoms with van der Waals surface area (Å²) in [6.07, 6.45) is 6.06. The van der Waals surface area contributed by atoms with Crippen LogP contribution in [0.2, 0.25) is 0 Å². The smallest absolute Gasteiger partial charge is 0.0421 e. The SMILES string of the molecule is CSc1cccc(N(C)CC2(N(C)C)CCC2)c1CN. The van der Waals surface area contributed by atoms with E-state index >= 15 is 0 Å². The Bertz CT molecular complexity index is 455. The molecule has 1 aromatic rings. The van der Waals surface area contributed by atoms with Gasteiger partial charge in [0, 0.05) is 41.8 Å². The van der Waals surface area contributed by atoms with E-state index in [0.717, 1.165) is 6.54 Å². The Kier molecular flexibility index (Phi) is 4.99. The molecule has 0 aliphatic heterocycles. The van der Waals surface area contributed by atoms with Gasteiger partial charge >= 0.3 is 0 Å². The summed E-state index contributed by atoms with van der Waals surface area (Å²) in [6.45, 7) is 1.68. The lowest BCUT2D eigenvalue weighted by Gasteiger charge is -2.49. The first-order valence-corrected chi connectivity index (χ1v) is 8.51. The van der Waals surface area contributed by atoms with Crippen LogP contribution in [0.3, 0.4) is 0 Å². The molecule has 0 spiro atoms. The maximum Gasteiger partial charge on any atom is 0.0421 e. The summed E-state index contributed by atoms with van der Waals surface area (Å²) in [5.41, 5.74) is 8.89. The van der Waals surface area contributed by atoms with Crippen molar-refractivity contribution < 1.29 is 0 Å². The van der Waals surface area contributed by atoms with E-state index in [0.29, 0.717) is 12.1 Å².